The summed E-state index contributed by atoms with van der Waals surface area (Å²) >= 11 is 14.6. The third-order valence-electron chi connectivity index (χ3n) is 6.95. The van der Waals surface area contributed by atoms with E-state index in [9.17, 15) is 9.59 Å². The van der Waals surface area contributed by atoms with Gasteiger partial charge in [-0.05, 0) is 36.1 Å². The second-order valence-electron chi connectivity index (χ2n) is 9.75. The lowest BCUT2D eigenvalue weighted by atomic mass is 9.94. The summed E-state index contributed by atoms with van der Waals surface area (Å²) in [5.74, 6) is 0.733. The van der Waals surface area contributed by atoms with Gasteiger partial charge in [-0.3, -0.25) is 9.59 Å². The van der Waals surface area contributed by atoms with E-state index in [2.05, 4.69) is 17.4 Å². The standard InChI is InChI=1S/C31H34Cl2N2O2S/c32-27-17-10-18-28(33)26(27)20-35(30(36)22-38-21-24-13-6-2-7-14-24)29(19-23-11-4-1-5-12-23)31(37)34-25-15-8-3-9-16-25/h1-2,4-7,10-14,17-18,25,29H,3,8-9,15-16,19-22H2,(H,34,37)/t29-/m0/s1. The molecule has 0 saturated heterocycles. The number of carbonyl (C=O) groups excluding carboxylic acids is 2. The first-order chi connectivity index (χ1) is 18.5. The van der Waals surface area contributed by atoms with Crippen molar-refractivity contribution in [2.24, 2.45) is 0 Å². The number of rotatable bonds is 11. The van der Waals surface area contributed by atoms with E-state index in [1.54, 1.807) is 34.9 Å². The van der Waals surface area contributed by atoms with E-state index in [1.165, 1.54) is 6.42 Å². The Hall–Kier alpha value is -2.47. The summed E-state index contributed by atoms with van der Waals surface area (Å²) in [6.07, 6.45) is 5.79. The van der Waals surface area contributed by atoms with Crippen molar-refractivity contribution < 1.29 is 9.59 Å². The molecule has 3 aromatic rings. The maximum absolute atomic E-state index is 13.8. The molecule has 3 aromatic carbocycles. The average molecular weight is 570 g/mol. The van der Waals surface area contributed by atoms with E-state index in [-0.39, 0.29) is 30.2 Å². The van der Waals surface area contributed by atoms with Crippen LogP contribution in [0.2, 0.25) is 10.0 Å². The van der Waals surface area contributed by atoms with Gasteiger partial charge >= 0.3 is 0 Å². The van der Waals surface area contributed by atoms with Crippen LogP contribution in [0, 0.1) is 0 Å². The Bertz CT molecular complexity index is 1170. The van der Waals surface area contributed by atoms with Crippen molar-refractivity contribution in [3.05, 3.63) is 106 Å². The molecular formula is C31H34Cl2N2O2S. The number of hydrogen-bond acceptors (Lipinski definition) is 3. The fourth-order valence-electron chi connectivity index (χ4n) is 4.87. The topological polar surface area (TPSA) is 49.4 Å². The number of thioether (sulfide) groups is 1. The Kier molecular flexibility index (Phi) is 11.0. The van der Waals surface area contributed by atoms with E-state index in [0.29, 0.717) is 27.8 Å². The first kappa shape index (κ1) is 28.5. The Morgan fingerprint density at radius 2 is 1.45 bits per heavy atom. The Morgan fingerprint density at radius 3 is 2.08 bits per heavy atom. The van der Waals surface area contributed by atoms with Crippen LogP contribution in [-0.4, -0.2) is 34.6 Å². The van der Waals surface area contributed by atoms with Crippen LogP contribution in [-0.2, 0) is 28.3 Å². The Morgan fingerprint density at radius 1 is 0.842 bits per heavy atom. The summed E-state index contributed by atoms with van der Waals surface area (Å²) in [5.41, 5.74) is 2.80. The lowest BCUT2D eigenvalue weighted by molar-refractivity contribution is -0.139. The van der Waals surface area contributed by atoms with Crippen LogP contribution in [0.5, 0.6) is 0 Å². The molecule has 1 fully saturated rings. The quantitative estimate of drug-likeness (QED) is 0.263. The molecule has 1 N–H and O–H groups in total. The molecule has 1 atom stereocenters. The zero-order valence-electron chi connectivity index (χ0n) is 21.5. The highest BCUT2D eigenvalue weighted by Crippen LogP contribution is 2.28. The van der Waals surface area contributed by atoms with Crippen LogP contribution >= 0.6 is 35.0 Å². The summed E-state index contributed by atoms with van der Waals surface area (Å²) in [7, 11) is 0. The molecule has 0 unspecified atom stereocenters. The Labute approximate surface area is 240 Å². The van der Waals surface area contributed by atoms with Crippen molar-refractivity contribution in [1.29, 1.82) is 0 Å². The molecule has 4 rings (SSSR count). The molecule has 1 saturated carbocycles. The van der Waals surface area contributed by atoms with Crippen LogP contribution in [0.3, 0.4) is 0 Å². The van der Waals surface area contributed by atoms with Crippen LogP contribution in [0.4, 0.5) is 0 Å². The molecule has 0 radical (unpaired) electrons. The van der Waals surface area contributed by atoms with Gasteiger partial charge in [0.05, 0.1) is 5.75 Å². The fourth-order valence-corrected chi connectivity index (χ4v) is 6.25. The van der Waals surface area contributed by atoms with Crippen molar-refractivity contribution >= 4 is 46.8 Å². The van der Waals surface area contributed by atoms with Crippen LogP contribution in [0.25, 0.3) is 0 Å². The average Bonchev–Trinajstić information content (AvgIpc) is 2.93. The van der Waals surface area contributed by atoms with Crippen molar-refractivity contribution in [2.75, 3.05) is 5.75 Å². The molecule has 1 aliphatic carbocycles. The van der Waals surface area contributed by atoms with Crippen molar-refractivity contribution in [3.63, 3.8) is 0 Å². The van der Waals surface area contributed by atoms with Crippen molar-refractivity contribution in [2.45, 2.75) is 62.9 Å². The summed E-state index contributed by atoms with van der Waals surface area (Å²) in [4.78, 5) is 29.3. The number of halogens is 2. The minimum Gasteiger partial charge on any atom is -0.352 e. The largest absolute Gasteiger partial charge is 0.352 e. The molecule has 0 spiro atoms. The molecular weight excluding hydrogens is 535 g/mol. The van der Waals surface area contributed by atoms with E-state index in [4.69, 9.17) is 23.2 Å². The molecule has 7 heteroatoms. The Balaban J connectivity index is 1.60. The molecule has 38 heavy (non-hydrogen) atoms. The number of amides is 2. The van der Waals surface area contributed by atoms with Crippen molar-refractivity contribution in [1.82, 2.24) is 10.2 Å². The lowest BCUT2D eigenvalue weighted by Gasteiger charge is -2.34. The first-order valence-corrected chi connectivity index (χ1v) is 15.1. The maximum atomic E-state index is 13.8. The lowest BCUT2D eigenvalue weighted by Crippen LogP contribution is -2.53. The van der Waals surface area contributed by atoms with Gasteiger partial charge in [0.15, 0.2) is 0 Å². The number of benzene rings is 3. The van der Waals surface area contributed by atoms with Crippen LogP contribution < -0.4 is 5.32 Å². The number of nitrogens with zero attached hydrogens (tertiary/aromatic N) is 1. The van der Waals surface area contributed by atoms with Gasteiger partial charge in [0, 0.05) is 40.4 Å². The number of hydrogen-bond donors (Lipinski definition) is 1. The van der Waals surface area contributed by atoms with E-state index < -0.39 is 6.04 Å². The number of carbonyl (C=O) groups is 2. The zero-order chi connectivity index (χ0) is 26.7. The molecule has 0 bridgehead atoms. The highest BCUT2D eigenvalue weighted by atomic mass is 35.5. The molecule has 1 aliphatic rings. The van der Waals surface area contributed by atoms with Gasteiger partial charge in [0.1, 0.15) is 6.04 Å². The third kappa shape index (κ3) is 8.26. The SMILES string of the molecule is O=C(NC1CCCCC1)[C@H](Cc1ccccc1)N(Cc1c(Cl)cccc1Cl)C(=O)CSCc1ccccc1. The molecule has 4 nitrogen and oxygen atoms in total. The van der Waals surface area contributed by atoms with Gasteiger partial charge in [0.25, 0.3) is 0 Å². The molecule has 0 aliphatic heterocycles. The first-order valence-electron chi connectivity index (χ1n) is 13.2. The van der Waals surface area contributed by atoms with Gasteiger partial charge in [0.2, 0.25) is 11.8 Å². The van der Waals surface area contributed by atoms with Gasteiger partial charge in [-0.1, -0.05) is 109 Å². The number of nitrogens with one attached hydrogen (secondary N) is 1. The highest BCUT2D eigenvalue weighted by molar-refractivity contribution is 7.99. The summed E-state index contributed by atoms with van der Waals surface area (Å²) in [6, 6.07) is 24.7. The van der Waals surface area contributed by atoms with E-state index >= 15 is 0 Å². The summed E-state index contributed by atoms with van der Waals surface area (Å²) < 4.78 is 0. The summed E-state index contributed by atoms with van der Waals surface area (Å²) in [5, 5.41) is 4.24. The molecule has 0 aromatic heterocycles. The van der Waals surface area contributed by atoms with Crippen LogP contribution in [0.15, 0.2) is 78.9 Å². The maximum Gasteiger partial charge on any atom is 0.243 e. The van der Waals surface area contributed by atoms with Crippen LogP contribution in [0.1, 0.15) is 48.8 Å². The summed E-state index contributed by atoms with van der Waals surface area (Å²) in [6.45, 7) is 0.165. The van der Waals surface area contributed by atoms with E-state index in [1.807, 2.05) is 48.5 Å². The fraction of sp³-hybridized carbons (Fsp3) is 0.355. The van der Waals surface area contributed by atoms with Gasteiger partial charge in [-0.2, -0.15) is 0 Å². The molecule has 0 heterocycles. The van der Waals surface area contributed by atoms with E-state index in [0.717, 1.165) is 36.8 Å². The smallest absolute Gasteiger partial charge is 0.243 e. The molecule has 200 valence electrons. The van der Waals surface area contributed by atoms with Gasteiger partial charge < -0.3 is 10.2 Å². The minimum absolute atomic E-state index is 0.110. The monoisotopic (exact) mass is 568 g/mol. The van der Waals surface area contributed by atoms with Gasteiger partial charge in [-0.15, -0.1) is 11.8 Å². The predicted molar refractivity (Wildman–Crippen MR) is 159 cm³/mol. The second-order valence-corrected chi connectivity index (χ2v) is 11.5. The van der Waals surface area contributed by atoms with Crippen molar-refractivity contribution in [3.8, 4) is 0 Å². The zero-order valence-corrected chi connectivity index (χ0v) is 23.8. The second kappa shape index (κ2) is 14.6. The predicted octanol–water partition coefficient (Wildman–Crippen LogP) is 7.32. The minimum atomic E-state index is -0.684. The van der Waals surface area contributed by atoms with Gasteiger partial charge in [-0.25, -0.2) is 0 Å². The normalized spacial score (nSPS) is 14.6. The highest BCUT2D eigenvalue weighted by Gasteiger charge is 2.32. The molecule has 2 amide bonds. The third-order valence-corrected chi connectivity index (χ3v) is 8.65.